The van der Waals surface area contributed by atoms with E-state index in [1.165, 1.54) is 18.2 Å². The van der Waals surface area contributed by atoms with E-state index in [1.54, 1.807) is 19.2 Å². The molecule has 0 saturated heterocycles. The van der Waals surface area contributed by atoms with Crippen LogP contribution in [0.1, 0.15) is 5.76 Å². The monoisotopic (exact) mass is 311 g/mol. The van der Waals surface area contributed by atoms with E-state index in [1.807, 2.05) is 4.90 Å². The van der Waals surface area contributed by atoms with Crippen LogP contribution in [0.25, 0.3) is 11.3 Å². The molecule has 2 rings (SSSR count). The standard InChI is InChI=1S/C16H19F2NO3/c1-21-10-8-19(7-9-20)11-12-5-6-15(22-12)16-13(17)3-2-4-14(16)18/h2-6,20H,7-11H2,1H3. The maximum Gasteiger partial charge on any atom is 0.140 e. The Morgan fingerprint density at radius 1 is 1.14 bits per heavy atom. The lowest BCUT2D eigenvalue weighted by molar-refractivity contribution is 0.122. The Hall–Kier alpha value is -1.76. The Morgan fingerprint density at radius 3 is 2.50 bits per heavy atom. The first kappa shape index (κ1) is 16.6. The highest BCUT2D eigenvalue weighted by atomic mass is 19.1. The predicted molar refractivity (Wildman–Crippen MR) is 78.3 cm³/mol. The summed E-state index contributed by atoms with van der Waals surface area (Å²) in [7, 11) is 1.60. The smallest absolute Gasteiger partial charge is 0.140 e. The zero-order valence-electron chi connectivity index (χ0n) is 12.4. The first-order valence-electron chi connectivity index (χ1n) is 7.01. The molecule has 0 aliphatic heterocycles. The number of aliphatic hydroxyl groups excluding tert-OH is 1. The Kier molecular flexibility index (Phi) is 6.06. The van der Waals surface area contributed by atoms with Gasteiger partial charge in [-0.1, -0.05) is 6.07 Å². The molecule has 0 unspecified atom stereocenters. The van der Waals surface area contributed by atoms with E-state index in [0.29, 0.717) is 32.0 Å². The van der Waals surface area contributed by atoms with Crippen LogP contribution in [-0.4, -0.2) is 43.4 Å². The predicted octanol–water partition coefficient (Wildman–Crippen LogP) is 2.67. The summed E-state index contributed by atoms with van der Waals surface area (Å²) in [6, 6.07) is 6.92. The van der Waals surface area contributed by atoms with Crippen molar-refractivity contribution >= 4 is 0 Å². The Bertz CT molecular complexity index is 581. The molecule has 1 N–H and O–H groups in total. The van der Waals surface area contributed by atoms with Gasteiger partial charge >= 0.3 is 0 Å². The molecule has 0 spiro atoms. The Morgan fingerprint density at radius 2 is 1.86 bits per heavy atom. The third-order valence-electron chi connectivity index (χ3n) is 3.28. The van der Waals surface area contributed by atoms with E-state index in [0.717, 1.165) is 0 Å². The molecule has 1 aromatic heterocycles. The number of rotatable bonds is 8. The highest BCUT2D eigenvalue weighted by molar-refractivity contribution is 5.59. The van der Waals surface area contributed by atoms with Crippen molar-refractivity contribution in [2.45, 2.75) is 6.54 Å². The van der Waals surface area contributed by atoms with Crippen molar-refractivity contribution in [1.29, 1.82) is 0 Å². The molecule has 1 heterocycles. The highest BCUT2D eigenvalue weighted by Gasteiger charge is 2.16. The van der Waals surface area contributed by atoms with Gasteiger partial charge in [0.25, 0.3) is 0 Å². The van der Waals surface area contributed by atoms with Crippen LogP contribution in [0.5, 0.6) is 0 Å². The van der Waals surface area contributed by atoms with E-state index in [9.17, 15) is 8.78 Å². The van der Waals surface area contributed by atoms with Gasteiger partial charge in [0.05, 0.1) is 25.3 Å². The first-order chi connectivity index (χ1) is 10.7. The van der Waals surface area contributed by atoms with Crippen LogP contribution in [0.3, 0.4) is 0 Å². The normalized spacial score (nSPS) is 11.3. The quantitative estimate of drug-likeness (QED) is 0.814. The van der Waals surface area contributed by atoms with Crippen LogP contribution in [0.2, 0.25) is 0 Å². The topological polar surface area (TPSA) is 45.8 Å². The maximum atomic E-state index is 13.7. The third-order valence-corrected chi connectivity index (χ3v) is 3.28. The van der Waals surface area contributed by atoms with Gasteiger partial charge in [-0.25, -0.2) is 8.78 Å². The van der Waals surface area contributed by atoms with E-state index < -0.39 is 11.6 Å². The number of benzene rings is 1. The van der Waals surface area contributed by atoms with Crippen LogP contribution in [0.15, 0.2) is 34.7 Å². The summed E-state index contributed by atoms with van der Waals surface area (Å²) >= 11 is 0. The SMILES string of the molecule is COCCN(CCO)Cc1ccc(-c2c(F)cccc2F)o1. The second kappa shape index (κ2) is 8.03. The zero-order valence-corrected chi connectivity index (χ0v) is 12.4. The summed E-state index contributed by atoms with van der Waals surface area (Å²) in [4.78, 5) is 1.93. The number of hydrogen-bond donors (Lipinski definition) is 1. The molecule has 4 nitrogen and oxygen atoms in total. The first-order valence-corrected chi connectivity index (χ1v) is 7.01. The minimum atomic E-state index is -0.660. The van der Waals surface area contributed by atoms with Crippen molar-refractivity contribution in [3.8, 4) is 11.3 Å². The van der Waals surface area contributed by atoms with Crippen molar-refractivity contribution in [3.05, 3.63) is 47.7 Å². The van der Waals surface area contributed by atoms with E-state index in [4.69, 9.17) is 14.3 Å². The molecule has 0 bridgehead atoms. The number of methoxy groups -OCH3 is 1. The minimum absolute atomic E-state index is 0.0131. The summed E-state index contributed by atoms with van der Waals surface area (Å²) in [6.07, 6.45) is 0. The van der Waals surface area contributed by atoms with Gasteiger partial charge < -0.3 is 14.3 Å². The summed E-state index contributed by atoms with van der Waals surface area (Å²) in [5, 5.41) is 9.06. The summed E-state index contributed by atoms with van der Waals surface area (Å²) in [5.41, 5.74) is -0.167. The molecule has 120 valence electrons. The average Bonchev–Trinajstić information content (AvgIpc) is 2.93. The van der Waals surface area contributed by atoms with E-state index in [-0.39, 0.29) is 17.9 Å². The van der Waals surface area contributed by atoms with Crippen molar-refractivity contribution in [2.24, 2.45) is 0 Å². The van der Waals surface area contributed by atoms with Crippen LogP contribution < -0.4 is 0 Å². The number of furan rings is 1. The molecule has 0 saturated carbocycles. The second-order valence-corrected chi connectivity index (χ2v) is 4.86. The lowest BCUT2D eigenvalue weighted by atomic mass is 10.1. The van der Waals surface area contributed by atoms with Crippen LogP contribution in [0.4, 0.5) is 8.78 Å². The Balaban J connectivity index is 2.13. The van der Waals surface area contributed by atoms with Gasteiger partial charge in [0.1, 0.15) is 23.2 Å². The summed E-state index contributed by atoms with van der Waals surface area (Å²) < 4.78 is 38.0. The zero-order chi connectivity index (χ0) is 15.9. The molecular formula is C16H19F2NO3. The number of hydrogen-bond acceptors (Lipinski definition) is 4. The number of aliphatic hydroxyl groups is 1. The molecule has 0 aliphatic carbocycles. The fraction of sp³-hybridized carbons (Fsp3) is 0.375. The molecule has 0 atom stereocenters. The number of nitrogens with zero attached hydrogens (tertiary/aromatic N) is 1. The molecule has 0 fully saturated rings. The maximum absolute atomic E-state index is 13.7. The molecule has 0 radical (unpaired) electrons. The summed E-state index contributed by atoms with van der Waals surface area (Å²) in [6.45, 7) is 2.06. The van der Waals surface area contributed by atoms with Crippen LogP contribution >= 0.6 is 0 Å². The van der Waals surface area contributed by atoms with Crippen molar-refractivity contribution in [3.63, 3.8) is 0 Å². The van der Waals surface area contributed by atoms with E-state index >= 15 is 0 Å². The second-order valence-electron chi connectivity index (χ2n) is 4.86. The molecule has 6 heteroatoms. The molecule has 22 heavy (non-hydrogen) atoms. The van der Waals surface area contributed by atoms with Crippen molar-refractivity contribution in [1.82, 2.24) is 4.90 Å². The lowest BCUT2D eigenvalue weighted by Gasteiger charge is -2.19. The van der Waals surface area contributed by atoms with Gasteiger partial charge in [0, 0.05) is 20.2 Å². The molecular weight excluding hydrogens is 292 g/mol. The molecule has 0 aliphatic rings. The largest absolute Gasteiger partial charge is 0.460 e. The Labute approximate surface area is 127 Å². The van der Waals surface area contributed by atoms with E-state index in [2.05, 4.69) is 0 Å². The lowest BCUT2D eigenvalue weighted by Crippen LogP contribution is -2.29. The fourth-order valence-corrected chi connectivity index (χ4v) is 2.18. The van der Waals surface area contributed by atoms with Gasteiger partial charge in [-0.3, -0.25) is 4.90 Å². The molecule has 1 aromatic carbocycles. The number of ether oxygens (including phenoxy) is 1. The van der Waals surface area contributed by atoms with Gasteiger partial charge in [0.2, 0.25) is 0 Å². The van der Waals surface area contributed by atoms with Crippen LogP contribution in [-0.2, 0) is 11.3 Å². The number of halogens is 2. The fourth-order valence-electron chi connectivity index (χ4n) is 2.18. The van der Waals surface area contributed by atoms with Crippen molar-refractivity contribution in [2.75, 3.05) is 33.4 Å². The van der Waals surface area contributed by atoms with Gasteiger partial charge in [0.15, 0.2) is 0 Å². The van der Waals surface area contributed by atoms with Gasteiger partial charge in [-0.05, 0) is 24.3 Å². The molecule has 2 aromatic rings. The third kappa shape index (κ3) is 4.13. The summed E-state index contributed by atoms with van der Waals surface area (Å²) in [5.74, 6) is -0.594. The highest BCUT2D eigenvalue weighted by Crippen LogP contribution is 2.28. The average molecular weight is 311 g/mol. The molecule has 0 amide bonds. The van der Waals surface area contributed by atoms with Crippen molar-refractivity contribution < 1.29 is 23.0 Å². The van der Waals surface area contributed by atoms with Gasteiger partial charge in [-0.2, -0.15) is 0 Å². The van der Waals surface area contributed by atoms with Crippen LogP contribution in [0, 0.1) is 11.6 Å². The van der Waals surface area contributed by atoms with Gasteiger partial charge in [-0.15, -0.1) is 0 Å². The minimum Gasteiger partial charge on any atom is -0.460 e.